The van der Waals surface area contributed by atoms with E-state index in [0.717, 1.165) is 22.2 Å². The number of carbonyl (C=O) groups excluding carboxylic acids is 1. The highest BCUT2D eigenvalue weighted by Crippen LogP contribution is 2.50. The van der Waals surface area contributed by atoms with Crippen molar-refractivity contribution in [2.45, 2.75) is 25.1 Å². The van der Waals surface area contributed by atoms with Crippen LogP contribution < -0.4 is 10.2 Å². The van der Waals surface area contributed by atoms with Crippen molar-refractivity contribution in [3.05, 3.63) is 71.7 Å². The van der Waals surface area contributed by atoms with E-state index in [-0.39, 0.29) is 17.7 Å². The van der Waals surface area contributed by atoms with Crippen LogP contribution >= 0.6 is 7.14 Å². The number of carbonyl (C=O) groups is 1. The molecule has 4 aromatic rings. The molecule has 4 heterocycles. The molecule has 2 bridgehead atoms. The zero-order chi connectivity index (χ0) is 25.4. The molecular weight excluding hydrogens is 485 g/mol. The van der Waals surface area contributed by atoms with Gasteiger partial charge in [0, 0.05) is 36.4 Å². The summed E-state index contributed by atoms with van der Waals surface area (Å²) in [5.41, 5.74) is 4.71. The molecule has 2 aromatic heterocycles. The number of pyridine rings is 1. The summed E-state index contributed by atoms with van der Waals surface area (Å²) < 4.78 is 45.8. The minimum Gasteiger partial charge on any atom is -0.434 e. The summed E-state index contributed by atoms with van der Waals surface area (Å²) in [6, 6.07) is 13.5. The van der Waals surface area contributed by atoms with Crippen molar-refractivity contribution >= 4 is 29.5 Å². The molecule has 2 aliphatic rings. The Hall–Kier alpha value is -3.58. The van der Waals surface area contributed by atoms with Crippen LogP contribution in [0.15, 0.2) is 54.7 Å². The maximum absolute atomic E-state index is 13.3. The van der Waals surface area contributed by atoms with Gasteiger partial charge in [0.05, 0.1) is 28.6 Å². The number of amides is 1. The van der Waals surface area contributed by atoms with Gasteiger partial charge < -0.3 is 18.8 Å². The molecule has 2 atom stereocenters. The molecule has 0 N–H and O–H groups in total. The van der Waals surface area contributed by atoms with E-state index < -0.39 is 19.8 Å². The van der Waals surface area contributed by atoms with Gasteiger partial charge in [-0.3, -0.25) is 9.78 Å². The number of imidazole rings is 1. The molecule has 2 aliphatic heterocycles. The largest absolute Gasteiger partial charge is 0.434 e. The molecule has 1 amide bonds. The Morgan fingerprint density at radius 2 is 1.86 bits per heavy atom. The first-order valence-corrected chi connectivity index (χ1v) is 14.1. The van der Waals surface area contributed by atoms with Crippen molar-refractivity contribution in [3.8, 4) is 16.9 Å². The smallest absolute Gasteiger partial charge is 0.387 e. The first-order chi connectivity index (χ1) is 17.1. The van der Waals surface area contributed by atoms with Crippen LogP contribution in [0, 0.1) is 0 Å². The summed E-state index contributed by atoms with van der Waals surface area (Å²) in [7, 11) is -0.750. The number of hydrogen-bond donors (Lipinski definition) is 0. The maximum Gasteiger partial charge on any atom is 0.387 e. The van der Waals surface area contributed by atoms with Crippen molar-refractivity contribution in [1.82, 2.24) is 19.4 Å². The quantitative estimate of drug-likeness (QED) is 0.360. The molecular formula is C26H23F2N4O3P. The van der Waals surface area contributed by atoms with E-state index in [4.69, 9.17) is 9.72 Å². The van der Waals surface area contributed by atoms with Gasteiger partial charge in [-0.05, 0) is 49.2 Å². The van der Waals surface area contributed by atoms with Crippen LogP contribution in [0.1, 0.15) is 40.3 Å². The van der Waals surface area contributed by atoms with E-state index >= 15 is 0 Å². The fourth-order valence-electron chi connectivity index (χ4n) is 5.33. The number of benzene rings is 2. The number of hydrogen-bond acceptors (Lipinski definition) is 5. The van der Waals surface area contributed by atoms with E-state index in [9.17, 15) is 18.1 Å². The molecule has 0 spiro atoms. The van der Waals surface area contributed by atoms with Crippen molar-refractivity contribution in [3.63, 3.8) is 0 Å². The summed E-state index contributed by atoms with van der Waals surface area (Å²) in [5, 5.41) is 0. The van der Waals surface area contributed by atoms with Gasteiger partial charge >= 0.3 is 6.61 Å². The monoisotopic (exact) mass is 508 g/mol. The lowest BCUT2D eigenvalue weighted by Crippen LogP contribution is -2.30. The SMILES string of the molecule is CN1C(=O)c2cccc(OC(F)F)c2[C@@H]2C[C@@H]1c1nc3ccc(-c4ccc(P(C)(C)=O)nc4)cc3n12. The lowest BCUT2D eigenvalue weighted by Gasteiger charge is -2.24. The van der Waals surface area contributed by atoms with Gasteiger partial charge in [-0.25, -0.2) is 4.98 Å². The van der Waals surface area contributed by atoms with E-state index in [2.05, 4.69) is 4.98 Å². The minimum absolute atomic E-state index is 0.00380. The van der Waals surface area contributed by atoms with E-state index in [1.807, 2.05) is 28.8 Å². The predicted molar refractivity (Wildman–Crippen MR) is 133 cm³/mol. The van der Waals surface area contributed by atoms with Crippen LogP contribution in [-0.2, 0) is 4.57 Å². The third kappa shape index (κ3) is 3.45. The summed E-state index contributed by atoms with van der Waals surface area (Å²) >= 11 is 0. The molecule has 0 aliphatic carbocycles. The first-order valence-electron chi connectivity index (χ1n) is 11.5. The van der Waals surface area contributed by atoms with Crippen LogP contribution in [0.4, 0.5) is 8.78 Å². The van der Waals surface area contributed by atoms with Gasteiger partial charge in [0.1, 0.15) is 18.7 Å². The number of nitrogens with zero attached hydrogens (tertiary/aromatic N) is 4. The minimum atomic E-state index is -3.01. The zero-order valence-corrected chi connectivity index (χ0v) is 20.7. The van der Waals surface area contributed by atoms with Crippen LogP contribution in [0.2, 0.25) is 0 Å². The Bertz CT molecular complexity index is 1580. The third-order valence-electron chi connectivity index (χ3n) is 7.04. The van der Waals surface area contributed by atoms with Gasteiger partial charge in [0.25, 0.3) is 5.91 Å². The lowest BCUT2D eigenvalue weighted by atomic mass is 9.97. The van der Waals surface area contributed by atoms with Crippen LogP contribution in [-0.4, -0.2) is 52.3 Å². The average Bonchev–Trinajstić information content (AvgIpc) is 3.36. The van der Waals surface area contributed by atoms with Crippen molar-refractivity contribution in [2.75, 3.05) is 20.4 Å². The zero-order valence-electron chi connectivity index (χ0n) is 19.9. The highest BCUT2D eigenvalue weighted by molar-refractivity contribution is 7.69. The molecule has 7 nitrogen and oxygen atoms in total. The fourth-order valence-corrected chi connectivity index (χ4v) is 6.10. The molecule has 36 heavy (non-hydrogen) atoms. The second-order valence-corrected chi connectivity index (χ2v) is 12.7. The molecule has 0 saturated carbocycles. The molecule has 184 valence electrons. The Balaban J connectivity index is 1.53. The molecule has 2 aromatic carbocycles. The van der Waals surface area contributed by atoms with Crippen molar-refractivity contribution in [1.29, 1.82) is 0 Å². The molecule has 10 heteroatoms. The number of aromatic nitrogens is 3. The van der Waals surface area contributed by atoms with Crippen LogP contribution in [0.25, 0.3) is 22.2 Å². The number of halogens is 2. The van der Waals surface area contributed by atoms with E-state index in [1.54, 1.807) is 49.7 Å². The first kappa shape index (κ1) is 22.9. The second kappa shape index (κ2) is 7.96. The third-order valence-corrected chi connectivity index (χ3v) is 8.41. The van der Waals surface area contributed by atoms with Crippen molar-refractivity contribution < 1.29 is 22.9 Å². The van der Waals surface area contributed by atoms with Crippen molar-refractivity contribution in [2.24, 2.45) is 0 Å². The summed E-state index contributed by atoms with van der Waals surface area (Å²) in [6.45, 7) is 0.360. The van der Waals surface area contributed by atoms with Gasteiger partial charge in [-0.1, -0.05) is 18.2 Å². The normalized spacial score (nSPS) is 18.9. The number of fused-ring (bicyclic) bond motifs is 9. The summed E-state index contributed by atoms with van der Waals surface area (Å²) in [6.07, 6.45) is 2.22. The van der Waals surface area contributed by atoms with Gasteiger partial charge in [-0.2, -0.15) is 8.78 Å². The molecule has 6 rings (SSSR count). The summed E-state index contributed by atoms with van der Waals surface area (Å²) in [4.78, 5) is 24.1. The molecule has 0 radical (unpaired) electrons. The molecule has 0 fully saturated rings. The topological polar surface area (TPSA) is 77.3 Å². The fraction of sp³-hybridized carbons (Fsp3) is 0.269. The highest BCUT2D eigenvalue weighted by atomic mass is 31.2. The average molecular weight is 508 g/mol. The Morgan fingerprint density at radius 3 is 2.56 bits per heavy atom. The van der Waals surface area contributed by atoms with Crippen LogP contribution in [0.5, 0.6) is 5.75 Å². The standard InChI is InChI=1S/C26H23F2N4O3P/c1-31-20-12-19(23-16(25(31)33)5-4-6-21(23)35-26(27)28)32-18-11-14(7-9-17(18)30-24(20)32)15-8-10-22(29-13-15)36(2,3)34/h4-11,13,19-20,26H,12H2,1-3H3/t19-,20+/m0/s1. The maximum atomic E-state index is 13.3. The summed E-state index contributed by atoms with van der Waals surface area (Å²) in [5.74, 6) is 0.475. The van der Waals surface area contributed by atoms with Gasteiger partial charge in [-0.15, -0.1) is 0 Å². The molecule has 0 unspecified atom stereocenters. The Kier molecular flexibility index (Phi) is 5.06. The number of alkyl halides is 2. The highest BCUT2D eigenvalue weighted by Gasteiger charge is 2.45. The lowest BCUT2D eigenvalue weighted by molar-refractivity contribution is -0.0507. The number of ether oxygens (including phenoxy) is 1. The van der Waals surface area contributed by atoms with E-state index in [1.165, 1.54) is 6.07 Å². The van der Waals surface area contributed by atoms with Gasteiger partial charge in [0.2, 0.25) is 0 Å². The predicted octanol–water partition coefficient (Wildman–Crippen LogP) is 5.07. The Morgan fingerprint density at radius 1 is 1.08 bits per heavy atom. The number of rotatable bonds is 4. The molecule has 0 saturated heterocycles. The second-order valence-electron chi connectivity index (χ2n) is 9.58. The van der Waals surface area contributed by atoms with Crippen LogP contribution in [0.3, 0.4) is 0 Å². The van der Waals surface area contributed by atoms with Gasteiger partial charge in [0.15, 0.2) is 0 Å². The van der Waals surface area contributed by atoms with E-state index in [0.29, 0.717) is 28.8 Å². The Labute approximate surface area is 206 Å².